The Labute approximate surface area is 138 Å². The highest BCUT2D eigenvalue weighted by atomic mass is 16.2. The van der Waals surface area contributed by atoms with Crippen molar-refractivity contribution in [2.75, 3.05) is 7.05 Å². The van der Waals surface area contributed by atoms with Gasteiger partial charge in [0, 0.05) is 12.6 Å². The van der Waals surface area contributed by atoms with Gasteiger partial charge in [-0.15, -0.1) is 0 Å². The van der Waals surface area contributed by atoms with Gasteiger partial charge < -0.3 is 5.32 Å². The molecule has 0 bridgehead atoms. The number of carbonyl (C=O) groups excluding carboxylic acids is 1. The molecule has 1 amide bonds. The van der Waals surface area contributed by atoms with E-state index in [1.54, 1.807) is 0 Å². The van der Waals surface area contributed by atoms with Crippen LogP contribution in [0.3, 0.4) is 0 Å². The molecule has 122 valence electrons. The fourth-order valence-electron chi connectivity index (χ4n) is 3.35. The largest absolute Gasteiger partial charge is 0.352 e. The Bertz CT molecular complexity index is 676. The van der Waals surface area contributed by atoms with Gasteiger partial charge in [0.2, 0.25) is 5.91 Å². The molecule has 1 fully saturated rings. The van der Waals surface area contributed by atoms with Crippen molar-refractivity contribution in [3.05, 3.63) is 48.0 Å². The van der Waals surface area contributed by atoms with Crippen LogP contribution in [0.1, 0.15) is 38.2 Å². The average molecular weight is 310 g/mol. The number of hydrogen-bond acceptors (Lipinski definition) is 2. The number of nitrogens with zero attached hydrogens (tertiary/aromatic N) is 1. The van der Waals surface area contributed by atoms with Gasteiger partial charge in [-0.25, -0.2) is 0 Å². The van der Waals surface area contributed by atoms with Crippen molar-refractivity contribution in [2.24, 2.45) is 0 Å². The maximum Gasteiger partial charge on any atom is 0.237 e. The van der Waals surface area contributed by atoms with Gasteiger partial charge in [-0.05, 0) is 49.2 Å². The molecular formula is C20H26N2O. The summed E-state index contributed by atoms with van der Waals surface area (Å²) < 4.78 is 0. The predicted octanol–water partition coefficient (Wildman–Crippen LogP) is 3.72. The molecule has 23 heavy (non-hydrogen) atoms. The van der Waals surface area contributed by atoms with Crippen LogP contribution in [0.2, 0.25) is 0 Å². The number of carbonyl (C=O) groups is 1. The molecule has 1 aliphatic carbocycles. The number of likely N-dealkylation sites (N-methyl/N-ethyl adjacent to an activating group) is 1. The highest BCUT2D eigenvalue weighted by Gasteiger charge is 2.23. The average Bonchev–Trinajstić information content (AvgIpc) is 3.07. The Morgan fingerprint density at radius 3 is 2.61 bits per heavy atom. The highest BCUT2D eigenvalue weighted by molar-refractivity contribution is 5.83. The molecule has 1 saturated carbocycles. The van der Waals surface area contributed by atoms with E-state index < -0.39 is 0 Å². The van der Waals surface area contributed by atoms with E-state index in [0.29, 0.717) is 6.04 Å². The molecule has 3 nitrogen and oxygen atoms in total. The van der Waals surface area contributed by atoms with Crippen molar-refractivity contribution in [1.82, 2.24) is 10.2 Å². The Morgan fingerprint density at radius 2 is 1.87 bits per heavy atom. The first kappa shape index (κ1) is 16.0. The first-order valence-corrected chi connectivity index (χ1v) is 8.62. The third kappa shape index (κ3) is 3.91. The van der Waals surface area contributed by atoms with Crippen LogP contribution in [-0.4, -0.2) is 29.9 Å². The maximum atomic E-state index is 12.4. The number of nitrogens with one attached hydrogen (secondary N) is 1. The molecule has 2 aromatic rings. The summed E-state index contributed by atoms with van der Waals surface area (Å²) in [5, 5.41) is 5.70. The van der Waals surface area contributed by atoms with Gasteiger partial charge in [0.15, 0.2) is 0 Å². The van der Waals surface area contributed by atoms with Crippen LogP contribution in [0.15, 0.2) is 42.5 Å². The van der Waals surface area contributed by atoms with E-state index >= 15 is 0 Å². The van der Waals surface area contributed by atoms with Crippen LogP contribution < -0.4 is 5.32 Å². The van der Waals surface area contributed by atoms with Crippen LogP contribution in [0, 0.1) is 0 Å². The van der Waals surface area contributed by atoms with Crippen LogP contribution in [0.4, 0.5) is 0 Å². The van der Waals surface area contributed by atoms with Gasteiger partial charge in [-0.1, -0.05) is 49.2 Å². The van der Waals surface area contributed by atoms with Crippen molar-refractivity contribution in [3.8, 4) is 0 Å². The van der Waals surface area contributed by atoms with E-state index in [1.807, 2.05) is 14.0 Å². The van der Waals surface area contributed by atoms with Crippen LogP contribution >= 0.6 is 0 Å². The Morgan fingerprint density at radius 1 is 1.17 bits per heavy atom. The Kier molecular flexibility index (Phi) is 4.97. The van der Waals surface area contributed by atoms with Crippen LogP contribution in [0.5, 0.6) is 0 Å². The highest BCUT2D eigenvalue weighted by Crippen LogP contribution is 2.19. The smallest absolute Gasteiger partial charge is 0.237 e. The molecular weight excluding hydrogens is 284 g/mol. The van der Waals surface area contributed by atoms with Gasteiger partial charge in [-0.2, -0.15) is 0 Å². The minimum atomic E-state index is -0.109. The minimum Gasteiger partial charge on any atom is -0.352 e. The zero-order valence-electron chi connectivity index (χ0n) is 14.1. The summed E-state index contributed by atoms with van der Waals surface area (Å²) in [5.41, 5.74) is 1.24. The lowest BCUT2D eigenvalue weighted by atomic mass is 10.1. The second kappa shape index (κ2) is 7.14. The third-order valence-corrected chi connectivity index (χ3v) is 4.99. The number of fused-ring (bicyclic) bond motifs is 1. The first-order valence-electron chi connectivity index (χ1n) is 8.62. The van der Waals surface area contributed by atoms with Crippen molar-refractivity contribution in [2.45, 2.75) is 51.2 Å². The lowest BCUT2D eigenvalue weighted by Gasteiger charge is -2.25. The summed E-state index contributed by atoms with van der Waals surface area (Å²) in [6, 6.07) is 15.2. The van der Waals surface area contributed by atoms with Crippen molar-refractivity contribution in [3.63, 3.8) is 0 Å². The fourth-order valence-corrected chi connectivity index (χ4v) is 3.35. The lowest BCUT2D eigenvalue weighted by Crippen LogP contribution is -2.46. The number of amides is 1. The number of rotatable bonds is 5. The molecule has 0 aliphatic heterocycles. The molecule has 3 heteroatoms. The molecule has 0 unspecified atom stereocenters. The summed E-state index contributed by atoms with van der Waals surface area (Å²) in [4.78, 5) is 14.5. The van der Waals surface area contributed by atoms with Crippen LogP contribution in [-0.2, 0) is 11.3 Å². The van der Waals surface area contributed by atoms with E-state index in [-0.39, 0.29) is 11.9 Å². The molecule has 0 radical (unpaired) electrons. The molecule has 0 saturated heterocycles. The van der Waals surface area contributed by atoms with E-state index in [1.165, 1.54) is 29.2 Å². The topological polar surface area (TPSA) is 32.3 Å². The summed E-state index contributed by atoms with van der Waals surface area (Å²) >= 11 is 0. The molecule has 0 heterocycles. The molecule has 3 rings (SSSR count). The molecule has 1 N–H and O–H groups in total. The van der Waals surface area contributed by atoms with Crippen molar-refractivity contribution in [1.29, 1.82) is 0 Å². The van der Waals surface area contributed by atoms with Crippen molar-refractivity contribution >= 4 is 16.7 Å². The molecule has 0 spiro atoms. The monoisotopic (exact) mass is 310 g/mol. The third-order valence-electron chi connectivity index (χ3n) is 4.99. The number of hydrogen-bond donors (Lipinski definition) is 1. The van der Waals surface area contributed by atoms with E-state index in [4.69, 9.17) is 0 Å². The predicted molar refractivity (Wildman–Crippen MR) is 95.3 cm³/mol. The van der Waals surface area contributed by atoms with Gasteiger partial charge in [-0.3, -0.25) is 9.69 Å². The van der Waals surface area contributed by atoms with Gasteiger partial charge in [0.05, 0.1) is 6.04 Å². The van der Waals surface area contributed by atoms with Crippen molar-refractivity contribution < 1.29 is 4.79 Å². The summed E-state index contributed by atoms with van der Waals surface area (Å²) in [6.07, 6.45) is 4.75. The van der Waals surface area contributed by atoms with E-state index in [9.17, 15) is 4.79 Å². The normalized spacial score (nSPS) is 16.8. The van der Waals surface area contributed by atoms with Gasteiger partial charge >= 0.3 is 0 Å². The second-order valence-electron chi connectivity index (χ2n) is 6.76. The quantitative estimate of drug-likeness (QED) is 0.913. The Hall–Kier alpha value is -1.87. The SMILES string of the molecule is C[C@@H](C(=O)NC1CCCC1)N(C)Cc1ccc2ccccc2c1. The summed E-state index contributed by atoms with van der Waals surface area (Å²) in [7, 11) is 2.02. The Balaban J connectivity index is 1.62. The second-order valence-corrected chi connectivity index (χ2v) is 6.76. The summed E-state index contributed by atoms with van der Waals surface area (Å²) in [5.74, 6) is 0.153. The first-order chi connectivity index (χ1) is 11.1. The molecule has 0 aromatic heterocycles. The van der Waals surface area contributed by atoms with Gasteiger partial charge in [0.1, 0.15) is 0 Å². The minimum absolute atomic E-state index is 0.109. The number of benzene rings is 2. The summed E-state index contributed by atoms with van der Waals surface area (Å²) in [6.45, 7) is 2.77. The van der Waals surface area contributed by atoms with E-state index in [2.05, 4.69) is 52.7 Å². The molecule has 2 aromatic carbocycles. The zero-order valence-corrected chi connectivity index (χ0v) is 14.1. The fraction of sp³-hybridized carbons (Fsp3) is 0.450. The molecule has 1 aliphatic rings. The van der Waals surface area contributed by atoms with E-state index in [0.717, 1.165) is 19.4 Å². The zero-order chi connectivity index (χ0) is 16.2. The van der Waals surface area contributed by atoms with Crippen LogP contribution in [0.25, 0.3) is 10.8 Å². The molecule has 1 atom stereocenters. The standard InChI is InChI=1S/C20H26N2O/c1-15(20(23)21-19-9-5-6-10-19)22(2)14-16-11-12-17-7-3-4-8-18(17)13-16/h3-4,7-8,11-13,15,19H,5-6,9-10,14H2,1-2H3,(H,21,23)/t15-/m0/s1. The lowest BCUT2D eigenvalue weighted by molar-refractivity contribution is -0.126. The maximum absolute atomic E-state index is 12.4. The van der Waals surface area contributed by atoms with Gasteiger partial charge in [0.25, 0.3) is 0 Å².